The molecule has 0 aliphatic carbocycles. The van der Waals surface area contributed by atoms with Crippen molar-refractivity contribution in [2.45, 2.75) is 25.3 Å². The van der Waals surface area contributed by atoms with Crippen LogP contribution in [-0.4, -0.2) is 26.1 Å². The summed E-state index contributed by atoms with van der Waals surface area (Å²) in [5.41, 5.74) is 6.97. The molecular formula is C13H18N2O2. The van der Waals surface area contributed by atoms with E-state index >= 15 is 0 Å². The van der Waals surface area contributed by atoms with E-state index in [0.29, 0.717) is 5.92 Å². The Balaban J connectivity index is 2.28. The summed E-state index contributed by atoms with van der Waals surface area (Å²) in [5, 5.41) is 0. The van der Waals surface area contributed by atoms with E-state index in [2.05, 4.69) is 18.0 Å². The first-order valence-electron chi connectivity index (χ1n) is 5.69. The highest BCUT2D eigenvalue weighted by Crippen LogP contribution is 2.35. The molecule has 0 bridgehead atoms. The van der Waals surface area contributed by atoms with Gasteiger partial charge in [0, 0.05) is 12.3 Å². The average Bonchev–Trinajstić information content (AvgIpc) is 2.67. The van der Waals surface area contributed by atoms with Crippen LogP contribution in [0.2, 0.25) is 0 Å². The Morgan fingerprint density at radius 2 is 1.94 bits per heavy atom. The van der Waals surface area contributed by atoms with Crippen molar-refractivity contribution < 1.29 is 9.47 Å². The maximum absolute atomic E-state index is 5.77. The van der Waals surface area contributed by atoms with Crippen LogP contribution in [0.4, 0.5) is 0 Å². The van der Waals surface area contributed by atoms with Gasteiger partial charge in [-0.3, -0.25) is 4.99 Å². The van der Waals surface area contributed by atoms with E-state index in [-0.39, 0.29) is 6.04 Å². The molecule has 2 N–H and O–H groups in total. The summed E-state index contributed by atoms with van der Waals surface area (Å²) in [6.45, 7) is 2.08. The van der Waals surface area contributed by atoms with Crippen molar-refractivity contribution >= 4 is 5.84 Å². The molecule has 2 rings (SSSR count). The normalized spacial score (nSPS) is 23.4. The molecule has 1 aromatic carbocycles. The molecule has 4 heteroatoms. The van der Waals surface area contributed by atoms with E-state index in [1.807, 2.05) is 12.1 Å². The summed E-state index contributed by atoms with van der Waals surface area (Å²) < 4.78 is 10.5. The van der Waals surface area contributed by atoms with Crippen LogP contribution >= 0.6 is 0 Å². The minimum absolute atomic E-state index is 0.230. The molecule has 0 spiro atoms. The SMILES string of the molecule is COc1ccc(C2CC(N)=NC2C)cc1OC. The quantitative estimate of drug-likeness (QED) is 0.869. The molecule has 2 atom stereocenters. The summed E-state index contributed by atoms with van der Waals surface area (Å²) in [4.78, 5) is 4.37. The summed E-state index contributed by atoms with van der Waals surface area (Å²) in [6, 6.07) is 6.22. The summed E-state index contributed by atoms with van der Waals surface area (Å²) >= 11 is 0. The first-order valence-corrected chi connectivity index (χ1v) is 5.69. The number of amidine groups is 1. The molecule has 17 heavy (non-hydrogen) atoms. The molecule has 0 aromatic heterocycles. The number of rotatable bonds is 3. The van der Waals surface area contributed by atoms with Crippen LogP contribution in [0.25, 0.3) is 0 Å². The van der Waals surface area contributed by atoms with E-state index in [1.165, 1.54) is 5.56 Å². The minimum atomic E-state index is 0.230. The number of nitrogens with two attached hydrogens (primary N) is 1. The molecule has 92 valence electrons. The third kappa shape index (κ3) is 2.20. The van der Waals surface area contributed by atoms with Gasteiger partial charge < -0.3 is 15.2 Å². The van der Waals surface area contributed by atoms with Gasteiger partial charge in [-0.25, -0.2) is 0 Å². The standard InChI is InChI=1S/C13H18N2O2/c1-8-10(7-13(14)15-8)9-4-5-11(16-2)12(6-9)17-3/h4-6,8,10H,7H2,1-3H3,(H2,14,15). The Morgan fingerprint density at radius 3 is 2.47 bits per heavy atom. The Morgan fingerprint density at radius 1 is 1.24 bits per heavy atom. The number of methoxy groups -OCH3 is 2. The summed E-state index contributed by atoms with van der Waals surface area (Å²) in [5.74, 6) is 2.57. The number of ether oxygens (including phenoxy) is 2. The maximum Gasteiger partial charge on any atom is 0.160 e. The van der Waals surface area contributed by atoms with Crippen LogP contribution in [0, 0.1) is 0 Å². The van der Waals surface area contributed by atoms with Gasteiger partial charge >= 0.3 is 0 Å². The number of hydrogen-bond acceptors (Lipinski definition) is 4. The van der Waals surface area contributed by atoms with Crippen molar-refractivity contribution in [3.63, 3.8) is 0 Å². The molecule has 1 aliphatic heterocycles. The molecule has 4 nitrogen and oxygen atoms in total. The molecule has 0 saturated heterocycles. The lowest BCUT2D eigenvalue weighted by atomic mass is 9.91. The Labute approximate surface area is 101 Å². The van der Waals surface area contributed by atoms with Crippen LogP contribution in [0.5, 0.6) is 11.5 Å². The fraction of sp³-hybridized carbons (Fsp3) is 0.462. The summed E-state index contributed by atoms with van der Waals surface area (Å²) in [7, 11) is 3.28. The number of aliphatic imine (C=N–C) groups is 1. The van der Waals surface area contributed by atoms with E-state index < -0.39 is 0 Å². The van der Waals surface area contributed by atoms with Crippen LogP contribution in [-0.2, 0) is 0 Å². The number of benzene rings is 1. The van der Waals surface area contributed by atoms with Gasteiger partial charge in [-0.2, -0.15) is 0 Å². The topological polar surface area (TPSA) is 56.8 Å². The van der Waals surface area contributed by atoms with E-state index in [4.69, 9.17) is 15.2 Å². The monoisotopic (exact) mass is 234 g/mol. The van der Waals surface area contributed by atoms with Gasteiger partial charge in [-0.1, -0.05) is 6.07 Å². The molecule has 1 heterocycles. The van der Waals surface area contributed by atoms with Crippen molar-refractivity contribution in [1.29, 1.82) is 0 Å². The molecule has 1 aliphatic rings. The van der Waals surface area contributed by atoms with Crippen LogP contribution in [0.1, 0.15) is 24.8 Å². The molecule has 2 unspecified atom stereocenters. The smallest absolute Gasteiger partial charge is 0.160 e. The average molecular weight is 234 g/mol. The second kappa shape index (κ2) is 4.65. The van der Waals surface area contributed by atoms with Gasteiger partial charge in [0.05, 0.1) is 26.1 Å². The van der Waals surface area contributed by atoms with Crippen molar-refractivity contribution in [3.05, 3.63) is 23.8 Å². The zero-order chi connectivity index (χ0) is 12.4. The first kappa shape index (κ1) is 11.8. The third-order valence-electron chi connectivity index (χ3n) is 3.22. The van der Waals surface area contributed by atoms with Gasteiger partial charge in [0.2, 0.25) is 0 Å². The molecule has 0 fully saturated rings. The highest BCUT2D eigenvalue weighted by Gasteiger charge is 2.26. The van der Waals surface area contributed by atoms with E-state index in [9.17, 15) is 0 Å². The number of nitrogens with zero attached hydrogens (tertiary/aromatic N) is 1. The number of hydrogen-bond donors (Lipinski definition) is 1. The van der Waals surface area contributed by atoms with Crippen molar-refractivity contribution in [2.24, 2.45) is 10.7 Å². The van der Waals surface area contributed by atoms with Gasteiger partial charge in [-0.05, 0) is 24.6 Å². The molecule has 0 amide bonds. The highest BCUT2D eigenvalue weighted by atomic mass is 16.5. The van der Waals surface area contributed by atoms with Crippen molar-refractivity contribution in [2.75, 3.05) is 14.2 Å². The summed E-state index contributed by atoms with van der Waals surface area (Å²) in [6.07, 6.45) is 0.816. The lowest BCUT2D eigenvalue weighted by Gasteiger charge is -2.16. The highest BCUT2D eigenvalue weighted by molar-refractivity contribution is 5.83. The zero-order valence-electron chi connectivity index (χ0n) is 10.4. The van der Waals surface area contributed by atoms with Crippen molar-refractivity contribution in [3.8, 4) is 11.5 Å². The lowest BCUT2D eigenvalue weighted by Crippen LogP contribution is -2.11. The van der Waals surface area contributed by atoms with Crippen LogP contribution in [0.15, 0.2) is 23.2 Å². The van der Waals surface area contributed by atoms with Crippen LogP contribution in [0.3, 0.4) is 0 Å². The maximum atomic E-state index is 5.77. The second-order valence-corrected chi connectivity index (χ2v) is 4.29. The predicted molar refractivity (Wildman–Crippen MR) is 68.0 cm³/mol. The minimum Gasteiger partial charge on any atom is -0.493 e. The Kier molecular flexibility index (Phi) is 3.22. The van der Waals surface area contributed by atoms with Crippen LogP contribution < -0.4 is 15.2 Å². The second-order valence-electron chi connectivity index (χ2n) is 4.29. The molecule has 0 radical (unpaired) electrons. The fourth-order valence-corrected chi connectivity index (χ4v) is 2.28. The van der Waals surface area contributed by atoms with Gasteiger partial charge in [0.15, 0.2) is 11.5 Å². The third-order valence-corrected chi connectivity index (χ3v) is 3.22. The van der Waals surface area contributed by atoms with Gasteiger partial charge in [0.25, 0.3) is 0 Å². The molecule has 1 aromatic rings. The van der Waals surface area contributed by atoms with Gasteiger partial charge in [-0.15, -0.1) is 0 Å². The van der Waals surface area contributed by atoms with E-state index in [0.717, 1.165) is 23.8 Å². The fourth-order valence-electron chi connectivity index (χ4n) is 2.28. The lowest BCUT2D eigenvalue weighted by molar-refractivity contribution is 0.354. The Hall–Kier alpha value is -1.71. The zero-order valence-corrected chi connectivity index (χ0v) is 10.4. The van der Waals surface area contributed by atoms with E-state index in [1.54, 1.807) is 14.2 Å². The van der Waals surface area contributed by atoms with Crippen molar-refractivity contribution in [1.82, 2.24) is 0 Å². The Bertz CT molecular complexity index is 443. The predicted octanol–water partition coefficient (Wildman–Crippen LogP) is 1.94. The largest absolute Gasteiger partial charge is 0.493 e. The first-order chi connectivity index (χ1) is 8.15. The van der Waals surface area contributed by atoms with Gasteiger partial charge in [0.1, 0.15) is 0 Å². The molecular weight excluding hydrogens is 216 g/mol. The molecule has 0 saturated carbocycles.